The largest absolute Gasteiger partial charge is 0.488 e. The van der Waals surface area contributed by atoms with Crippen LogP contribution in [0.3, 0.4) is 0 Å². The van der Waals surface area contributed by atoms with Gasteiger partial charge in [-0.3, -0.25) is 0 Å². The van der Waals surface area contributed by atoms with E-state index < -0.39 is 0 Å². The summed E-state index contributed by atoms with van der Waals surface area (Å²) in [6.07, 6.45) is 3.44. The van der Waals surface area contributed by atoms with Gasteiger partial charge in [-0.25, -0.2) is 9.97 Å². The van der Waals surface area contributed by atoms with E-state index in [-0.39, 0.29) is 0 Å². The molecule has 0 saturated carbocycles. The first kappa shape index (κ1) is 9.59. The topological polar surface area (TPSA) is 35.0 Å². The average molecular weight is 234 g/mol. The fraction of sp³-hybridized carbons (Fsp3) is 0.0667. The number of ether oxygens (including phenoxy) is 1. The van der Waals surface area contributed by atoms with E-state index in [0.717, 1.165) is 22.2 Å². The Hall–Kier alpha value is -2.42. The Morgan fingerprint density at radius 3 is 2.94 bits per heavy atom. The van der Waals surface area contributed by atoms with Crippen LogP contribution in [-0.2, 0) is 6.61 Å². The van der Waals surface area contributed by atoms with E-state index in [1.165, 1.54) is 11.1 Å². The minimum absolute atomic E-state index is 0.580. The van der Waals surface area contributed by atoms with E-state index in [4.69, 9.17) is 4.74 Å². The Balaban J connectivity index is 2.09. The van der Waals surface area contributed by atoms with Crippen LogP contribution in [0.25, 0.3) is 22.0 Å². The van der Waals surface area contributed by atoms with Crippen molar-refractivity contribution in [1.82, 2.24) is 9.97 Å². The summed E-state index contributed by atoms with van der Waals surface area (Å²) in [4.78, 5) is 8.39. The minimum Gasteiger partial charge on any atom is -0.488 e. The average Bonchev–Trinajstić information content (AvgIpc) is 2.46. The molecule has 18 heavy (non-hydrogen) atoms. The third-order valence-corrected chi connectivity index (χ3v) is 3.35. The van der Waals surface area contributed by atoms with Gasteiger partial charge in [-0.15, -0.1) is 0 Å². The molecule has 0 radical (unpaired) electrons. The predicted molar refractivity (Wildman–Crippen MR) is 69.3 cm³/mol. The number of hydrogen-bond acceptors (Lipinski definition) is 3. The van der Waals surface area contributed by atoms with Crippen molar-refractivity contribution in [3.8, 4) is 16.9 Å². The molecule has 0 bridgehead atoms. The van der Waals surface area contributed by atoms with Crippen molar-refractivity contribution >= 4 is 10.9 Å². The second-order valence-corrected chi connectivity index (χ2v) is 4.33. The molecule has 86 valence electrons. The Morgan fingerprint density at radius 1 is 1.00 bits per heavy atom. The third kappa shape index (κ3) is 1.24. The van der Waals surface area contributed by atoms with Gasteiger partial charge in [-0.05, 0) is 17.7 Å². The van der Waals surface area contributed by atoms with Crippen molar-refractivity contribution in [2.45, 2.75) is 6.61 Å². The standard InChI is InChI=1S/C15H10N2O/c1-2-4-15-11(3-1)10-5-6-14-12(7-16-9-17-14)13(10)8-18-15/h1-7,9H,8H2. The summed E-state index contributed by atoms with van der Waals surface area (Å²) >= 11 is 0. The van der Waals surface area contributed by atoms with Gasteiger partial charge in [0.2, 0.25) is 0 Å². The summed E-state index contributed by atoms with van der Waals surface area (Å²) in [7, 11) is 0. The molecule has 1 aromatic heterocycles. The molecule has 3 nitrogen and oxygen atoms in total. The van der Waals surface area contributed by atoms with Crippen molar-refractivity contribution in [2.75, 3.05) is 0 Å². The van der Waals surface area contributed by atoms with Crippen LogP contribution in [0.4, 0.5) is 0 Å². The van der Waals surface area contributed by atoms with Crippen LogP contribution in [0.1, 0.15) is 5.56 Å². The first-order chi connectivity index (χ1) is 8.93. The quantitative estimate of drug-likeness (QED) is 0.599. The van der Waals surface area contributed by atoms with Crippen molar-refractivity contribution < 1.29 is 4.74 Å². The number of hydrogen-bond donors (Lipinski definition) is 0. The molecule has 3 heteroatoms. The van der Waals surface area contributed by atoms with Crippen LogP contribution in [0.2, 0.25) is 0 Å². The van der Waals surface area contributed by atoms with E-state index in [0.29, 0.717) is 6.61 Å². The molecule has 0 spiro atoms. The number of benzene rings is 2. The van der Waals surface area contributed by atoms with E-state index in [2.05, 4.69) is 22.1 Å². The van der Waals surface area contributed by atoms with Gasteiger partial charge in [0.15, 0.2) is 0 Å². The Morgan fingerprint density at radius 2 is 1.94 bits per heavy atom. The molecule has 1 aliphatic rings. The lowest BCUT2D eigenvalue weighted by molar-refractivity contribution is 0.304. The van der Waals surface area contributed by atoms with Gasteiger partial charge < -0.3 is 4.74 Å². The van der Waals surface area contributed by atoms with Crippen LogP contribution in [0.15, 0.2) is 48.9 Å². The smallest absolute Gasteiger partial charge is 0.127 e. The molecule has 1 aliphatic heterocycles. The Labute approximate surface area is 104 Å². The highest BCUT2D eigenvalue weighted by Gasteiger charge is 2.18. The van der Waals surface area contributed by atoms with Crippen LogP contribution < -0.4 is 4.74 Å². The van der Waals surface area contributed by atoms with Gasteiger partial charge in [0.05, 0.1) is 5.52 Å². The van der Waals surface area contributed by atoms with Crippen LogP contribution in [0.5, 0.6) is 5.75 Å². The predicted octanol–water partition coefficient (Wildman–Crippen LogP) is 3.19. The maximum absolute atomic E-state index is 5.80. The summed E-state index contributed by atoms with van der Waals surface area (Å²) in [5.41, 5.74) is 4.50. The lowest BCUT2D eigenvalue weighted by Gasteiger charge is -2.21. The Kier molecular flexibility index (Phi) is 1.88. The molecule has 0 aliphatic carbocycles. The Bertz CT molecular complexity index is 752. The molecule has 4 rings (SSSR count). The molecule has 0 saturated heterocycles. The summed E-state index contributed by atoms with van der Waals surface area (Å²) in [6, 6.07) is 12.3. The van der Waals surface area contributed by atoms with Crippen LogP contribution in [-0.4, -0.2) is 9.97 Å². The summed E-state index contributed by atoms with van der Waals surface area (Å²) < 4.78 is 5.80. The first-order valence-electron chi connectivity index (χ1n) is 5.87. The minimum atomic E-state index is 0.580. The van der Waals surface area contributed by atoms with Crippen molar-refractivity contribution in [3.63, 3.8) is 0 Å². The SMILES string of the molecule is c1ccc2c(c1)OCc1c-2ccc2ncncc12. The fourth-order valence-electron chi connectivity index (χ4n) is 2.49. The molecule has 0 unspecified atom stereocenters. The van der Waals surface area contributed by atoms with Gasteiger partial charge in [0.1, 0.15) is 18.7 Å². The summed E-state index contributed by atoms with van der Waals surface area (Å²) in [5, 5.41) is 1.07. The number of para-hydroxylation sites is 1. The molecule has 3 aromatic rings. The molecule has 0 atom stereocenters. The van der Waals surface area contributed by atoms with Crippen LogP contribution >= 0.6 is 0 Å². The summed E-state index contributed by atoms with van der Waals surface area (Å²) in [5.74, 6) is 0.946. The zero-order valence-electron chi connectivity index (χ0n) is 9.63. The maximum atomic E-state index is 5.80. The van der Waals surface area contributed by atoms with Gasteiger partial charge >= 0.3 is 0 Å². The number of fused-ring (bicyclic) bond motifs is 5. The molecule has 0 N–H and O–H groups in total. The molecule has 0 fully saturated rings. The second-order valence-electron chi connectivity index (χ2n) is 4.33. The fourth-order valence-corrected chi connectivity index (χ4v) is 2.49. The molecule has 0 amide bonds. The molecule has 2 aromatic carbocycles. The third-order valence-electron chi connectivity index (χ3n) is 3.35. The van der Waals surface area contributed by atoms with Crippen molar-refractivity contribution in [2.24, 2.45) is 0 Å². The monoisotopic (exact) mass is 234 g/mol. The molecular formula is C15H10N2O. The normalized spacial score (nSPS) is 12.7. The van der Waals surface area contributed by atoms with Crippen molar-refractivity contribution in [1.29, 1.82) is 0 Å². The molecular weight excluding hydrogens is 224 g/mol. The highest BCUT2D eigenvalue weighted by Crippen LogP contribution is 2.39. The van der Waals surface area contributed by atoms with Crippen LogP contribution in [0, 0.1) is 0 Å². The van der Waals surface area contributed by atoms with Gasteiger partial charge in [0.25, 0.3) is 0 Å². The number of aromatic nitrogens is 2. The lowest BCUT2D eigenvalue weighted by Crippen LogP contribution is -2.06. The van der Waals surface area contributed by atoms with Gasteiger partial charge in [0, 0.05) is 22.7 Å². The lowest BCUT2D eigenvalue weighted by atomic mass is 9.94. The second kappa shape index (κ2) is 3.53. The summed E-state index contributed by atoms with van der Waals surface area (Å²) in [6.45, 7) is 0.580. The van der Waals surface area contributed by atoms with E-state index in [1.54, 1.807) is 6.33 Å². The van der Waals surface area contributed by atoms with E-state index in [9.17, 15) is 0 Å². The highest BCUT2D eigenvalue weighted by molar-refractivity contribution is 5.90. The van der Waals surface area contributed by atoms with Gasteiger partial charge in [-0.2, -0.15) is 0 Å². The molecule has 2 heterocycles. The zero-order valence-corrected chi connectivity index (χ0v) is 9.63. The van der Waals surface area contributed by atoms with Gasteiger partial charge in [-0.1, -0.05) is 24.3 Å². The maximum Gasteiger partial charge on any atom is 0.127 e. The number of nitrogens with zero attached hydrogens (tertiary/aromatic N) is 2. The van der Waals surface area contributed by atoms with E-state index in [1.807, 2.05) is 30.5 Å². The number of rotatable bonds is 0. The highest BCUT2D eigenvalue weighted by atomic mass is 16.5. The first-order valence-corrected chi connectivity index (χ1v) is 5.87. The van der Waals surface area contributed by atoms with Crippen molar-refractivity contribution in [3.05, 3.63) is 54.5 Å². The van der Waals surface area contributed by atoms with E-state index >= 15 is 0 Å². The zero-order chi connectivity index (χ0) is 11.9.